The van der Waals surface area contributed by atoms with Gasteiger partial charge in [0.15, 0.2) is 0 Å². The molecule has 0 bridgehead atoms. The number of sulfone groups is 1. The van der Waals surface area contributed by atoms with E-state index in [0.717, 1.165) is 0 Å². The Morgan fingerprint density at radius 3 is 2.16 bits per heavy atom. The van der Waals surface area contributed by atoms with Gasteiger partial charge in [-0.05, 0) is 25.0 Å². The summed E-state index contributed by atoms with van der Waals surface area (Å²) in [4.78, 5) is 0.134. The van der Waals surface area contributed by atoms with E-state index in [9.17, 15) is 16.8 Å². The van der Waals surface area contributed by atoms with Crippen LogP contribution < -0.4 is 10.2 Å². The lowest BCUT2D eigenvalue weighted by atomic mass is 9.97. The van der Waals surface area contributed by atoms with Crippen LogP contribution in [0.4, 0.5) is 0 Å². The molecule has 1 aliphatic rings. The summed E-state index contributed by atoms with van der Waals surface area (Å²) in [5, 5.41) is 0. The monoisotopic (exact) mass is 299 g/mol. The molecule has 2 radical (unpaired) electrons. The molecular weight excluding hydrogens is 285 g/mol. The van der Waals surface area contributed by atoms with E-state index in [1.807, 2.05) is 0 Å². The first-order valence-corrected chi connectivity index (χ1v) is 9.17. The molecule has 0 unspecified atom stereocenters. The summed E-state index contributed by atoms with van der Waals surface area (Å²) >= 11 is 0. The van der Waals surface area contributed by atoms with E-state index >= 15 is 0 Å². The molecule has 0 atom stereocenters. The van der Waals surface area contributed by atoms with E-state index in [1.165, 1.54) is 24.3 Å². The summed E-state index contributed by atoms with van der Waals surface area (Å²) in [6.45, 7) is 0. The van der Waals surface area contributed by atoms with Crippen molar-refractivity contribution in [3.8, 4) is 0 Å². The Labute approximate surface area is 114 Å². The minimum Gasteiger partial charge on any atom is -0.229 e. The average Bonchev–Trinajstić information content (AvgIpc) is 2.32. The van der Waals surface area contributed by atoms with E-state index in [1.54, 1.807) is 0 Å². The Hall–Kier alpha value is -0.855. The second-order valence-corrected chi connectivity index (χ2v) is 8.63. The topological polar surface area (TPSA) is 80.3 Å². The second-order valence-electron chi connectivity index (χ2n) is 4.62. The standard InChI is InChI=1S/C11H14BNO4S2/c12-9-1-3-11(4-2-9)19(16,17)13-10-5-7-18(14,15)8-6-10/h1-4,10,13H,5-8H2. The first-order valence-electron chi connectivity index (χ1n) is 5.87. The summed E-state index contributed by atoms with van der Waals surface area (Å²) in [6, 6.07) is 5.56. The number of hydrogen-bond acceptors (Lipinski definition) is 4. The van der Waals surface area contributed by atoms with Gasteiger partial charge in [-0.25, -0.2) is 21.6 Å². The van der Waals surface area contributed by atoms with Crippen molar-refractivity contribution < 1.29 is 16.8 Å². The minimum absolute atomic E-state index is 0.0297. The largest absolute Gasteiger partial charge is 0.240 e. The van der Waals surface area contributed by atoms with Gasteiger partial charge in [-0.1, -0.05) is 17.6 Å². The lowest BCUT2D eigenvalue weighted by molar-refractivity contribution is 0.505. The fourth-order valence-electron chi connectivity index (χ4n) is 1.94. The van der Waals surface area contributed by atoms with Crippen molar-refractivity contribution in [1.82, 2.24) is 4.72 Å². The van der Waals surface area contributed by atoms with Gasteiger partial charge in [0, 0.05) is 6.04 Å². The summed E-state index contributed by atoms with van der Waals surface area (Å²) in [5.74, 6) is 0.0594. The Bertz CT molecular complexity index is 638. The van der Waals surface area contributed by atoms with Crippen molar-refractivity contribution in [2.24, 2.45) is 0 Å². The van der Waals surface area contributed by atoms with Gasteiger partial charge < -0.3 is 0 Å². The number of nitrogens with one attached hydrogen (secondary N) is 1. The molecule has 102 valence electrons. The zero-order valence-corrected chi connectivity index (χ0v) is 11.9. The second kappa shape index (κ2) is 5.26. The fraction of sp³-hybridized carbons (Fsp3) is 0.455. The van der Waals surface area contributed by atoms with E-state index in [0.29, 0.717) is 18.3 Å². The lowest BCUT2D eigenvalue weighted by Crippen LogP contribution is -2.40. The highest BCUT2D eigenvalue weighted by Crippen LogP contribution is 2.15. The van der Waals surface area contributed by atoms with Gasteiger partial charge in [-0.3, -0.25) is 0 Å². The van der Waals surface area contributed by atoms with Crippen molar-refractivity contribution >= 4 is 33.2 Å². The minimum atomic E-state index is -3.61. The maximum Gasteiger partial charge on any atom is 0.240 e. The van der Waals surface area contributed by atoms with E-state index in [4.69, 9.17) is 7.85 Å². The van der Waals surface area contributed by atoms with E-state index in [-0.39, 0.29) is 22.4 Å². The van der Waals surface area contributed by atoms with Gasteiger partial charge in [0.1, 0.15) is 17.7 Å². The van der Waals surface area contributed by atoms with Crippen LogP contribution in [0.3, 0.4) is 0 Å². The lowest BCUT2D eigenvalue weighted by Gasteiger charge is -2.22. The number of sulfonamides is 1. The molecule has 2 rings (SSSR count). The molecule has 0 amide bonds. The van der Waals surface area contributed by atoms with E-state index < -0.39 is 19.9 Å². The van der Waals surface area contributed by atoms with Crippen LogP contribution in [0.25, 0.3) is 0 Å². The number of benzene rings is 1. The van der Waals surface area contributed by atoms with Gasteiger partial charge >= 0.3 is 0 Å². The molecule has 1 aromatic rings. The Kier molecular flexibility index (Phi) is 4.03. The molecule has 1 saturated heterocycles. The highest BCUT2D eigenvalue weighted by atomic mass is 32.2. The van der Waals surface area contributed by atoms with Gasteiger partial charge in [-0.2, -0.15) is 0 Å². The third-order valence-corrected chi connectivity index (χ3v) is 6.32. The van der Waals surface area contributed by atoms with Gasteiger partial charge in [0.05, 0.1) is 16.4 Å². The summed E-state index contributed by atoms with van der Waals surface area (Å²) in [7, 11) is -1.11. The van der Waals surface area contributed by atoms with Crippen LogP contribution in [0.5, 0.6) is 0 Å². The van der Waals surface area contributed by atoms with Gasteiger partial charge in [0.25, 0.3) is 0 Å². The Morgan fingerprint density at radius 2 is 1.63 bits per heavy atom. The smallest absolute Gasteiger partial charge is 0.229 e. The van der Waals surface area contributed by atoms with Gasteiger partial charge in [-0.15, -0.1) is 0 Å². The zero-order chi connectivity index (χ0) is 14.1. The van der Waals surface area contributed by atoms with Crippen LogP contribution in [0, 0.1) is 0 Å². The maximum absolute atomic E-state index is 12.1. The molecule has 5 nitrogen and oxygen atoms in total. The maximum atomic E-state index is 12.1. The van der Waals surface area contributed by atoms with Crippen molar-refractivity contribution in [3.63, 3.8) is 0 Å². The quantitative estimate of drug-likeness (QED) is 0.751. The third-order valence-electron chi connectivity index (χ3n) is 3.07. The van der Waals surface area contributed by atoms with Crippen molar-refractivity contribution in [3.05, 3.63) is 24.3 Å². The van der Waals surface area contributed by atoms with Crippen LogP contribution >= 0.6 is 0 Å². The highest BCUT2D eigenvalue weighted by Gasteiger charge is 2.27. The molecule has 0 saturated carbocycles. The average molecular weight is 299 g/mol. The van der Waals surface area contributed by atoms with E-state index in [2.05, 4.69) is 4.72 Å². The van der Waals surface area contributed by atoms with Gasteiger partial charge in [0.2, 0.25) is 10.0 Å². The fourth-order valence-corrected chi connectivity index (χ4v) is 4.74. The van der Waals surface area contributed by atoms with Crippen molar-refractivity contribution in [2.45, 2.75) is 23.8 Å². The highest BCUT2D eigenvalue weighted by molar-refractivity contribution is 7.91. The molecule has 1 aliphatic heterocycles. The third kappa shape index (κ3) is 3.81. The van der Waals surface area contributed by atoms with Crippen LogP contribution in [-0.4, -0.2) is 42.2 Å². The van der Waals surface area contributed by atoms with Crippen LogP contribution in [0.1, 0.15) is 12.8 Å². The number of rotatable bonds is 3. The first-order chi connectivity index (χ1) is 8.78. The molecule has 0 aliphatic carbocycles. The van der Waals surface area contributed by atoms with Crippen molar-refractivity contribution in [2.75, 3.05) is 11.5 Å². The van der Waals surface area contributed by atoms with Crippen LogP contribution in [0.2, 0.25) is 0 Å². The predicted octanol–water partition coefficient (Wildman–Crippen LogP) is -0.664. The normalized spacial score (nSPS) is 20.2. The predicted molar refractivity (Wildman–Crippen MR) is 73.8 cm³/mol. The Morgan fingerprint density at radius 1 is 1.11 bits per heavy atom. The molecule has 19 heavy (non-hydrogen) atoms. The SMILES string of the molecule is [B]c1ccc(S(=O)(=O)NC2CCS(=O)(=O)CC2)cc1. The molecule has 0 aromatic heterocycles. The zero-order valence-electron chi connectivity index (χ0n) is 10.2. The summed E-state index contributed by atoms with van der Waals surface area (Å²) in [6.07, 6.45) is 0.632. The molecular formula is C11H14BNO4S2. The number of hydrogen-bond donors (Lipinski definition) is 1. The molecule has 8 heteroatoms. The molecule has 0 spiro atoms. The molecule has 1 heterocycles. The summed E-state index contributed by atoms with van der Waals surface area (Å²) in [5.41, 5.74) is 0.489. The first kappa shape index (κ1) is 14.6. The van der Waals surface area contributed by atoms with Crippen LogP contribution in [0.15, 0.2) is 29.2 Å². The molecule has 1 N–H and O–H groups in total. The molecule has 1 aromatic carbocycles. The van der Waals surface area contributed by atoms with Crippen LogP contribution in [-0.2, 0) is 19.9 Å². The molecule has 1 fully saturated rings. The summed E-state index contributed by atoms with van der Waals surface area (Å²) < 4.78 is 49.2. The Balaban J connectivity index is 2.08. The van der Waals surface area contributed by atoms with Crippen molar-refractivity contribution in [1.29, 1.82) is 0 Å².